The van der Waals surface area contributed by atoms with E-state index in [0.717, 1.165) is 66.3 Å². The summed E-state index contributed by atoms with van der Waals surface area (Å²) in [7, 11) is 0. The minimum Gasteiger partial charge on any atom is -0.396 e. The van der Waals surface area contributed by atoms with Crippen LogP contribution < -0.4 is 15.5 Å². The van der Waals surface area contributed by atoms with Crippen molar-refractivity contribution in [3.8, 4) is 0 Å². The SMILES string of the molecule is C=CC(=O)Nc1cccc(CNc2cc(N3CCCC[C@@H]3CCO)nc3c(CC)cnn23)c1. The van der Waals surface area contributed by atoms with E-state index in [9.17, 15) is 9.90 Å². The molecule has 1 aliphatic rings. The van der Waals surface area contributed by atoms with Crippen LogP contribution in [-0.4, -0.2) is 44.8 Å². The second-order valence-electron chi connectivity index (χ2n) is 8.36. The molecule has 0 unspecified atom stereocenters. The Labute approximate surface area is 194 Å². The fraction of sp³-hybridized carbons (Fsp3) is 0.400. The van der Waals surface area contributed by atoms with Crippen LogP contribution in [0.2, 0.25) is 0 Å². The average Bonchev–Trinajstić information content (AvgIpc) is 3.26. The number of aliphatic hydroxyl groups is 1. The Balaban J connectivity index is 1.63. The highest BCUT2D eigenvalue weighted by atomic mass is 16.3. The van der Waals surface area contributed by atoms with E-state index < -0.39 is 0 Å². The summed E-state index contributed by atoms with van der Waals surface area (Å²) in [5, 5.41) is 20.4. The Bertz CT molecular complexity index is 1120. The Morgan fingerprint density at radius 3 is 3.00 bits per heavy atom. The van der Waals surface area contributed by atoms with Crippen LogP contribution in [-0.2, 0) is 17.8 Å². The molecule has 8 nitrogen and oxygen atoms in total. The summed E-state index contributed by atoms with van der Waals surface area (Å²) in [6.07, 6.45) is 8.11. The van der Waals surface area contributed by atoms with Crippen LogP contribution in [0.25, 0.3) is 5.65 Å². The monoisotopic (exact) mass is 448 g/mol. The number of hydrogen-bond donors (Lipinski definition) is 3. The lowest BCUT2D eigenvalue weighted by Crippen LogP contribution is -2.40. The summed E-state index contributed by atoms with van der Waals surface area (Å²) in [4.78, 5) is 18.9. The molecule has 8 heteroatoms. The minimum atomic E-state index is -0.233. The quantitative estimate of drug-likeness (QED) is 0.432. The molecule has 1 saturated heterocycles. The van der Waals surface area contributed by atoms with E-state index in [4.69, 9.17) is 4.98 Å². The second-order valence-corrected chi connectivity index (χ2v) is 8.36. The second kappa shape index (κ2) is 10.5. The van der Waals surface area contributed by atoms with E-state index in [0.29, 0.717) is 12.6 Å². The molecule has 1 fully saturated rings. The molecule has 3 heterocycles. The number of anilines is 3. The highest BCUT2D eigenvalue weighted by Crippen LogP contribution is 2.29. The molecule has 1 atom stereocenters. The zero-order chi connectivity index (χ0) is 23.2. The molecule has 1 aromatic carbocycles. The summed E-state index contributed by atoms with van der Waals surface area (Å²) in [5.41, 5.74) is 3.72. The fourth-order valence-electron chi connectivity index (χ4n) is 4.41. The van der Waals surface area contributed by atoms with Gasteiger partial charge in [0.25, 0.3) is 0 Å². The van der Waals surface area contributed by atoms with E-state index >= 15 is 0 Å². The van der Waals surface area contributed by atoms with E-state index in [1.165, 1.54) is 12.5 Å². The maximum Gasteiger partial charge on any atom is 0.247 e. The lowest BCUT2D eigenvalue weighted by molar-refractivity contribution is -0.111. The zero-order valence-electron chi connectivity index (χ0n) is 19.1. The number of hydrogen-bond acceptors (Lipinski definition) is 6. The molecular formula is C25H32N6O2. The molecule has 33 heavy (non-hydrogen) atoms. The standard InChI is InChI=1S/C25H32N6O2/c1-3-19-17-27-31-22(26-16-18-8-7-9-20(14-18)28-24(33)4-2)15-23(29-25(19)31)30-12-6-5-10-21(30)11-13-32/h4,7-9,14-15,17,21,26,32H,2-3,5-6,10-13,16H2,1H3,(H,28,33)/t21-/m1/s1. The van der Waals surface area contributed by atoms with Crippen molar-refractivity contribution in [1.82, 2.24) is 14.6 Å². The Morgan fingerprint density at radius 2 is 2.21 bits per heavy atom. The van der Waals surface area contributed by atoms with Crippen molar-refractivity contribution in [3.05, 3.63) is 60.3 Å². The van der Waals surface area contributed by atoms with E-state index in [2.05, 4.69) is 40.2 Å². The third kappa shape index (κ3) is 5.17. The molecule has 174 valence electrons. The highest BCUT2D eigenvalue weighted by molar-refractivity contribution is 5.98. The number of aliphatic hydroxyl groups excluding tert-OH is 1. The largest absolute Gasteiger partial charge is 0.396 e. The van der Waals surface area contributed by atoms with Crippen LogP contribution in [0, 0.1) is 0 Å². The maximum atomic E-state index is 11.6. The topological polar surface area (TPSA) is 94.8 Å². The van der Waals surface area contributed by atoms with Crippen molar-refractivity contribution in [3.63, 3.8) is 0 Å². The van der Waals surface area contributed by atoms with Crippen LogP contribution in [0.3, 0.4) is 0 Å². The summed E-state index contributed by atoms with van der Waals surface area (Å²) in [5.74, 6) is 1.55. The number of rotatable bonds is 9. The number of nitrogens with zero attached hydrogens (tertiary/aromatic N) is 4. The molecule has 3 aromatic rings. The van der Waals surface area contributed by atoms with Gasteiger partial charge in [-0.15, -0.1) is 0 Å². The van der Waals surface area contributed by atoms with Crippen molar-refractivity contribution < 1.29 is 9.90 Å². The normalized spacial score (nSPS) is 16.1. The van der Waals surface area contributed by atoms with E-state index in [1.54, 1.807) is 0 Å². The average molecular weight is 449 g/mol. The van der Waals surface area contributed by atoms with Crippen LogP contribution in [0.15, 0.2) is 49.2 Å². The van der Waals surface area contributed by atoms with Gasteiger partial charge in [-0.05, 0) is 55.9 Å². The number of nitrogens with one attached hydrogen (secondary N) is 2. The predicted octanol–water partition coefficient (Wildman–Crippen LogP) is 3.77. The molecule has 0 saturated carbocycles. The maximum absolute atomic E-state index is 11.6. The first kappa shape index (κ1) is 22.8. The van der Waals surface area contributed by atoms with Gasteiger partial charge in [0.2, 0.25) is 5.91 Å². The number of carbonyl (C=O) groups excluding carboxylic acids is 1. The van der Waals surface area contributed by atoms with Gasteiger partial charge in [0, 0.05) is 43.1 Å². The minimum absolute atomic E-state index is 0.181. The van der Waals surface area contributed by atoms with Gasteiger partial charge in [0.05, 0.1) is 6.20 Å². The molecule has 4 rings (SSSR count). The Hall–Kier alpha value is -3.39. The number of amides is 1. The van der Waals surface area contributed by atoms with Crippen molar-refractivity contribution in [2.75, 3.05) is 28.7 Å². The number of benzene rings is 1. The van der Waals surface area contributed by atoms with Crippen molar-refractivity contribution >= 4 is 28.9 Å². The van der Waals surface area contributed by atoms with Gasteiger partial charge in [-0.25, -0.2) is 4.98 Å². The van der Waals surface area contributed by atoms with Crippen molar-refractivity contribution in [2.24, 2.45) is 0 Å². The van der Waals surface area contributed by atoms with Crippen molar-refractivity contribution in [2.45, 2.75) is 51.6 Å². The first-order valence-electron chi connectivity index (χ1n) is 11.6. The Morgan fingerprint density at radius 1 is 1.33 bits per heavy atom. The van der Waals surface area contributed by atoms with Gasteiger partial charge in [0.1, 0.15) is 11.6 Å². The lowest BCUT2D eigenvalue weighted by Gasteiger charge is -2.36. The van der Waals surface area contributed by atoms with Crippen molar-refractivity contribution in [1.29, 1.82) is 0 Å². The third-order valence-electron chi connectivity index (χ3n) is 6.15. The number of aryl methyl sites for hydroxylation is 1. The molecule has 0 aliphatic carbocycles. The highest BCUT2D eigenvalue weighted by Gasteiger charge is 2.24. The molecular weight excluding hydrogens is 416 g/mol. The first-order valence-corrected chi connectivity index (χ1v) is 11.6. The summed E-state index contributed by atoms with van der Waals surface area (Å²) >= 11 is 0. The fourth-order valence-corrected chi connectivity index (χ4v) is 4.41. The van der Waals surface area contributed by atoms with Gasteiger partial charge in [-0.1, -0.05) is 25.6 Å². The van der Waals surface area contributed by atoms with Gasteiger partial charge in [-0.2, -0.15) is 9.61 Å². The van der Waals surface area contributed by atoms with Crippen LogP contribution in [0.5, 0.6) is 0 Å². The van der Waals surface area contributed by atoms with Gasteiger partial charge in [-0.3, -0.25) is 4.79 Å². The predicted molar refractivity (Wildman–Crippen MR) is 132 cm³/mol. The molecule has 1 amide bonds. The molecule has 0 spiro atoms. The molecule has 2 aromatic heterocycles. The van der Waals surface area contributed by atoms with Gasteiger partial charge < -0.3 is 20.6 Å². The number of carbonyl (C=O) groups is 1. The van der Waals surface area contributed by atoms with Crippen LogP contribution in [0.4, 0.5) is 17.3 Å². The third-order valence-corrected chi connectivity index (χ3v) is 6.15. The molecule has 0 radical (unpaired) electrons. The number of fused-ring (bicyclic) bond motifs is 1. The van der Waals surface area contributed by atoms with Gasteiger partial charge >= 0.3 is 0 Å². The number of aromatic nitrogens is 3. The summed E-state index contributed by atoms with van der Waals surface area (Å²) in [6.45, 7) is 7.29. The summed E-state index contributed by atoms with van der Waals surface area (Å²) < 4.78 is 1.86. The number of piperidine rings is 1. The van der Waals surface area contributed by atoms with E-state index in [-0.39, 0.29) is 12.5 Å². The molecule has 1 aliphatic heterocycles. The van der Waals surface area contributed by atoms with Gasteiger partial charge in [0.15, 0.2) is 5.65 Å². The molecule has 0 bridgehead atoms. The zero-order valence-corrected chi connectivity index (χ0v) is 19.1. The smallest absolute Gasteiger partial charge is 0.247 e. The van der Waals surface area contributed by atoms with Crippen LogP contribution in [0.1, 0.15) is 43.7 Å². The molecule has 3 N–H and O–H groups in total. The first-order chi connectivity index (χ1) is 16.1. The van der Waals surface area contributed by atoms with Crippen LogP contribution >= 0.6 is 0 Å². The lowest BCUT2D eigenvalue weighted by atomic mass is 9.99. The van der Waals surface area contributed by atoms with E-state index in [1.807, 2.05) is 35.0 Å². The Kier molecular flexibility index (Phi) is 7.24. The summed E-state index contributed by atoms with van der Waals surface area (Å²) in [6, 6.07) is 10.1.